The van der Waals surface area contributed by atoms with Crippen LogP contribution in [0.15, 0.2) is 0 Å². The van der Waals surface area contributed by atoms with Crippen LogP contribution in [0, 0.1) is 5.92 Å². The van der Waals surface area contributed by atoms with Crippen LogP contribution < -0.4 is 10.6 Å². The lowest BCUT2D eigenvalue weighted by atomic mass is 10.1. The summed E-state index contributed by atoms with van der Waals surface area (Å²) in [6.07, 6.45) is 3.88. The van der Waals surface area contributed by atoms with Gasteiger partial charge >= 0.3 is 0 Å². The third-order valence-electron chi connectivity index (χ3n) is 2.81. The first kappa shape index (κ1) is 13.1. The molecule has 2 fully saturated rings. The normalized spacial score (nSPS) is 26.9. The highest BCUT2D eigenvalue weighted by atomic mass is 35.5. The Labute approximate surface area is 102 Å². The number of amides is 1. The molecule has 0 aromatic heterocycles. The summed E-state index contributed by atoms with van der Waals surface area (Å²) in [5.41, 5.74) is 0. The number of hydrogen-bond donors (Lipinski definition) is 2. The van der Waals surface area contributed by atoms with Crippen molar-refractivity contribution >= 4 is 30.1 Å². The lowest BCUT2D eigenvalue weighted by Crippen LogP contribution is -2.45. The van der Waals surface area contributed by atoms with Gasteiger partial charge < -0.3 is 5.32 Å². The molecule has 3 nitrogen and oxygen atoms in total. The summed E-state index contributed by atoms with van der Waals surface area (Å²) in [5.74, 6) is 2.90. The van der Waals surface area contributed by atoms with E-state index in [-0.39, 0.29) is 24.4 Å². The fraction of sp³-hybridized carbons (Fsp3) is 0.900. The van der Waals surface area contributed by atoms with Gasteiger partial charge in [-0.1, -0.05) is 12.8 Å². The topological polar surface area (TPSA) is 41.1 Å². The Kier molecular flexibility index (Phi) is 5.23. The molecule has 1 unspecified atom stereocenters. The molecule has 2 aliphatic rings. The summed E-state index contributed by atoms with van der Waals surface area (Å²) in [7, 11) is 0. The van der Waals surface area contributed by atoms with Gasteiger partial charge in [-0.25, -0.2) is 0 Å². The van der Waals surface area contributed by atoms with Gasteiger partial charge in [0.05, 0.1) is 6.04 Å². The Hall–Kier alpha value is 0.0700. The van der Waals surface area contributed by atoms with Gasteiger partial charge in [-0.2, -0.15) is 0 Å². The van der Waals surface area contributed by atoms with E-state index in [2.05, 4.69) is 17.6 Å². The molecule has 15 heavy (non-hydrogen) atoms. The minimum Gasteiger partial charge on any atom is -0.352 e. The second-order valence-corrected chi connectivity index (χ2v) is 5.39. The molecular formula is C10H19ClN2OS. The lowest BCUT2D eigenvalue weighted by Gasteiger charge is -2.16. The summed E-state index contributed by atoms with van der Waals surface area (Å²) in [5, 5.41) is 6.26. The van der Waals surface area contributed by atoms with Crippen molar-refractivity contribution in [3.8, 4) is 0 Å². The molecule has 0 bridgehead atoms. The van der Waals surface area contributed by atoms with Gasteiger partial charge in [0.15, 0.2) is 0 Å². The van der Waals surface area contributed by atoms with E-state index >= 15 is 0 Å². The van der Waals surface area contributed by atoms with E-state index in [0.29, 0.717) is 6.04 Å². The number of nitrogens with one attached hydrogen (secondary N) is 2. The summed E-state index contributed by atoms with van der Waals surface area (Å²) in [4.78, 5) is 11.7. The van der Waals surface area contributed by atoms with E-state index in [1.54, 1.807) is 11.8 Å². The third kappa shape index (κ3) is 4.21. The van der Waals surface area contributed by atoms with Gasteiger partial charge in [0, 0.05) is 17.7 Å². The van der Waals surface area contributed by atoms with Crippen molar-refractivity contribution in [2.45, 2.75) is 38.3 Å². The molecule has 5 heteroatoms. The predicted octanol–water partition coefficient (Wildman–Crippen LogP) is 1.38. The van der Waals surface area contributed by atoms with E-state index in [1.807, 2.05) is 0 Å². The largest absolute Gasteiger partial charge is 0.352 e. The first-order valence-electron chi connectivity index (χ1n) is 5.37. The molecule has 0 spiro atoms. The highest BCUT2D eigenvalue weighted by Crippen LogP contribution is 2.33. The number of rotatable bonds is 4. The van der Waals surface area contributed by atoms with Crippen LogP contribution in [0.3, 0.4) is 0 Å². The van der Waals surface area contributed by atoms with Crippen molar-refractivity contribution in [1.29, 1.82) is 0 Å². The van der Waals surface area contributed by atoms with Gasteiger partial charge in [-0.3, -0.25) is 10.1 Å². The molecule has 1 aliphatic carbocycles. The van der Waals surface area contributed by atoms with Crippen LogP contribution in [-0.4, -0.2) is 29.6 Å². The molecule has 1 saturated heterocycles. The maximum absolute atomic E-state index is 11.7. The van der Waals surface area contributed by atoms with Crippen LogP contribution in [0.25, 0.3) is 0 Å². The van der Waals surface area contributed by atoms with Gasteiger partial charge in [0.25, 0.3) is 0 Å². The van der Waals surface area contributed by atoms with E-state index in [0.717, 1.165) is 24.0 Å². The Morgan fingerprint density at radius 1 is 1.60 bits per heavy atom. The SMILES string of the molecule is CC(CC1CC1)NC(=O)[C@H]1CSCN1.Cl. The molecule has 1 amide bonds. The van der Waals surface area contributed by atoms with Gasteiger partial charge in [0.1, 0.15) is 0 Å². The molecule has 2 atom stereocenters. The Balaban J connectivity index is 0.00000112. The summed E-state index contributed by atoms with van der Waals surface area (Å²) in [6.45, 7) is 2.11. The number of hydrogen-bond acceptors (Lipinski definition) is 3. The number of carbonyl (C=O) groups excluding carboxylic acids is 1. The van der Waals surface area contributed by atoms with E-state index in [4.69, 9.17) is 0 Å². The van der Waals surface area contributed by atoms with Crippen molar-refractivity contribution < 1.29 is 4.79 Å². The average molecular weight is 251 g/mol. The zero-order valence-electron chi connectivity index (χ0n) is 8.99. The summed E-state index contributed by atoms with van der Waals surface area (Å²) >= 11 is 1.79. The first-order valence-corrected chi connectivity index (χ1v) is 6.52. The molecular weight excluding hydrogens is 232 g/mol. The summed E-state index contributed by atoms with van der Waals surface area (Å²) < 4.78 is 0. The monoisotopic (exact) mass is 250 g/mol. The van der Waals surface area contributed by atoms with Gasteiger partial charge in [-0.15, -0.1) is 24.2 Å². The second-order valence-electron chi connectivity index (χ2n) is 4.36. The quantitative estimate of drug-likeness (QED) is 0.792. The molecule has 0 aromatic carbocycles. The zero-order chi connectivity index (χ0) is 9.97. The van der Waals surface area contributed by atoms with E-state index in [1.165, 1.54) is 12.8 Å². The zero-order valence-corrected chi connectivity index (χ0v) is 10.6. The third-order valence-corrected chi connectivity index (χ3v) is 3.75. The molecule has 1 saturated carbocycles. The Bertz CT molecular complexity index is 217. The van der Waals surface area contributed by atoms with Crippen molar-refractivity contribution in [2.75, 3.05) is 11.6 Å². The standard InChI is InChI=1S/C10H18N2OS.ClH/c1-7(4-8-2-3-8)12-10(13)9-5-14-6-11-9;/h7-9,11H,2-6H2,1H3,(H,12,13);1H/t7?,9-;/m1./s1. The minimum absolute atomic E-state index is 0. The van der Waals surface area contributed by atoms with Crippen LogP contribution >= 0.6 is 24.2 Å². The fourth-order valence-corrected chi connectivity index (χ4v) is 2.76. The van der Waals surface area contributed by atoms with Crippen LogP contribution in [0.1, 0.15) is 26.2 Å². The van der Waals surface area contributed by atoms with Crippen LogP contribution in [0.5, 0.6) is 0 Å². The van der Waals surface area contributed by atoms with E-state index in [9.17, 15) is 4.79 Å². The molecule has 0 aromatic rings. The first-order chi connectivity index (χ1) is 6.75. The van der Waals surface area contributed by atoms with Crippen molar-refractivity contribution in [1.82, 2.24) is 10.6 Å². The Morgan fingerprint density at radius 2 is 2.33 bits per heavy atom. The second kappa shape index (κ2) is 5.97. The van der Waals surface area contributed by atoms with Crippen LogP contribution in [0.4, 0.5) is 0 Å². The van der Waals surface area contributed by atoms with Crippen molar-refractivity contribution in [3.05, 3.63) is 0 Å². The lowest BCUT2D eigenvalue weighted by molar-refractivity contribution is -0.123. The minimum atomic E-state index is 0. The number of carbonyl (C=O) groups is 1. The van der Waals surface area contributed by atoms with E-state index < -0.39 is 0 Å². The van der Waals surface area contributed by atoms with Gasteiger partial charge in [0.2, 0.25) is 5.91 Å². The maximum atomic E-state index is 11.7. The fourth-order valence-electron chi connectivity index (χ4n) is 1.82. The molecule has 0 radical (unpaired) electrons. The van der Waals surface area contributed by atoms with Crippen molar-refractivity contribution in [2.24, 2.45) is 5.92 Å². The smallest absolute Gasteiger partial charge is 0.238 e. The summed E-state index contributed by atoms with van der Waals surface area (Å²) in [6, 6.07) is 0.393. The van der Waals surface area contributed by atoms with Crippen LogP contribution in [-0.2, 0) is 4.79 Å². The molecule has 2 N–H and O–H groups in total. The maximum Gasteiger partial charge on any atom is 0.238 e. The molecule has 2 rings (SSSR count). The van der Waals surface area contributed by atoms with Crippen molar-refractivity contribution in [3.63, 3.8) is 0 Å². The average Bonchev–Trinajstić information content (AvgIpc) is 2.80. The van der Waals surface area contributed by atoms with Crippen LogP contribution in [0.2, 0.25) is 0 Å². The molecule has 1 aliphatic heterocycles. The highest BCUT2D eigenvalue weighted by Gasteiger charge is 2.27. The predicted molar refractivity (Wildman–Crippen MR) is 66.4 cm³/mol. The number of halogens is 1. The Morgan fingerprint density at radius 3 is 2.87 bits per heavy atom. The number of thioether (sulfide) groups is 1. The van der Waals surface area contributed by atoms with Gasteiger partial charge in [-0.05, 0) is 19.3 Å². The molecule has 1 heterocycles. The highest BCUT2D eigenvalue weighted by molar-refractivity contribution is 7.99. The molecule has 88 valence electrons.